The van der Waals surface area contributed by atoms with E-state index in [1.54, 1.807) is 11.0 Å². The molecule has 1 N–H and O–H groups in total. The number of alkyl halides is 1. The summed E-state index contributed by atoms with van der Waals surface area (Å²) in [5, 5.41) is 8.82. The van der Waals surface area contributed by atoms with Gasteiger partial charge < -0.3 is 10.0 Å². The van der Waals surface area contributed by atoms with Crippen molar-refractivity contribution < 1.29 is 14.7 Å². The highest BCUT2D eigenvalue weighted by molar-refractivity contribution is 6.22. The number of carbonyl (C=O) groups excluding carboxylic acids is 1. The molecule has 2 unspecified atom stereocenters. The molecular formula is C12H10ClNO3. The van der Waals surface area contributed by atoms with Gasteiger partial charge in [0.25, 0.3) is 0 Å². The zero-order chi connectivity index (χ0) is 12.2. The van der Waals surface area contributed by atoms with Gasteiger partial charge in [-0.2, -0.15) is 0 Å². The number of β-lactam (4-membered cyclic amide) rings is 1. The lowest BCUT2D eigenvalue weighted by Crippen LogP contribution is -2.55. The molecule has 1 amide bonds. The monoisotopic (exact) mass is 251 g/mol. The summed E-state index contributed by atoms with van der Waals surface area (Å²) in [5.74, 6) is -0.948. The molecule has 1 saturated heterocycles. The minimum absolute atomic E-state index is 0.0438. The van der Waals surface area contributed by atoms with Gasteiger partial charge in [0, 0.05) is 18.2 Å². The number of hydrogen-bond donors (Lipinski definition) is 1. The number of fused-ring (bicyclic) bond motifs is 3. The van der Waals surface area contributed by atoms with Crippen LogP contribution in [0.15, 0.2) is 18.2 Å². The second kappa shape index (κ2) is 3.47. The highest BCUT2D eigenvalue weighted by atomic mass is 35.5. The van der Waals surface area contributed by atoms with Crippen molar-refractivity contribution in [3.05, 3.63) is 29.3 Å². The number of carbonyl (C=O) groups is 2. The van der Waals surface area contributed by atoms with Gasteiger partial charge in [-0.05, 0) is 24.1 Å². The van der Waals surface area contributed by atoms with Crippen LogP contribution < -0.4 is 4.90 Å². The summed E-state index contributed by atoms with van der Waals surface area (Å²) in [6, 6.07) is 4.91. The average molecular weight is 252 g/mol. The van der Waals surface area contributed by atoms with E-state index >= 15 is 0 Å². The van der Waals surface area contributed by atoms with E-state index in [0.29, 0.717) is 12.1 Å². The molecule has 1 aromatic carbocycles. The van der Waals surface area contributed by atoms with Crippen LogP contribution in [0.25, 0.3) is 0 Å². The third-order valence-electron chi connectivity index (χ3n) is 3.40. The number of benzene rings is 1. The SMILES string of the molecule is O=C(O)c1ccc2c(c1)N1C(=O)CC1CC2Cl. The number of amides is 1. The van der Waals surface area contributed by atoms with Crippen molar-refractivity contribution in [2.45, 2.75) is 24.3 Å². The Morgan fingerprint density at radius 1 is 1.47 bits per heavy atom. The maximum absolute atomic E-state index is 11.6. The van der Waals surface area contributed by atoms with Gasteiger partial charge in [-0.1, -0.05) is 6.07 Å². The summed E-state index contributed by atoms with van der Waals surface area (Å²) >= 11 is 6.24. The Morgan fingerprint density at radius 2 is 2.24 bits per heavy atom. The number of rotatable bonds is 1. The zero-order valence-electron chi connectivity index (χ0n) is 8.89. The number of anilines is 1. The Bertz CT molecular complexity index is 528. The van der Waals surface area contributed by atoms with Crippen LogP contribution in [0.2, 0.25) is 0 Å². The van der Waals surface area contributed by atoms with Gasteiger partial charge in [0.15, 0.2) is 0 Å². The molecule has 0 aliphatic carbocycles. The van der Waals surface area contributed by atoms with E-state index in [-0.39, 0.29) is 22.9 Å². The highest BCUT2D eigenvalue weighted by Crippen LogP contribution is 2.46. The van der Waals surface area contributed by atoms with Gasteiger partial charge in [0.1, 0.15) is 0 Å². The van der Waals surface area contributed by atoms with E-state index in [9.17, 15) is 9.59 Å². The van der Waals surface area contributed by atoms with Crippen LogP contribution in [0, 0.1) is 0 Å². The standard InChI is InChI=1S/C12H10ClNO3/c13-9-4-7-5-11(15)14(7)10-3-6(12(16)17)1-2-8(9)10/h1-3,7,9H,4-5H2,(H,16,17). The van der Waals surface area contributed by atoms with E-state index < -0.39 is 5.97 Å². The molecule has 2 heterocycles. The van der Waals surface area contributed by atoms with Gasteiger partial charge >= 0.3 is 5.97 Å². The van der Waals surface area contributed by atoms with E-state index in [1.165, 1.54) is 12.1 Å². The van der Waals surface area contributed by atoms with Crippen molar-refractivity contribution in [3.63, 3.8) is 0 Å². The molecule has 88 valence electrons. The molecular weight excluding hydrogens is 242 g/mol. The Hall–Kier alpha value is -1.55. The maximum Gasteiger partial charge on any atom is 0.335 e. The number of hydrogen-bond acceptors (Lipinski definition) is 2. The van der Waals surface area contributed by atoms with Crippen LogP contribution in [0.1, 0.15) is 34.1 Å². The van der Waals surface area contributed by atoms with E-state index in [2.05, 4.69) is 0 Å². The second-order valence-electron chi connectivity index (χ2n) is 4.40. The van der Waals surface area contributed by atoms with Crippen LogP contribution >= 0.6 is 11.6 Å². The van der Waals surface area contributed by atoms with Gasteiger partial charge in [-0.25, -0.2) is 4.79 Å². The Labute approximate surface area is 103 Å². The normalized spacial score (nSPS) is 25.9. The van der Waals surface area contributed by atoms with Crippen molar-refractivity contribution in [1.29, 1.82) is 0 Å². The number of halogens is 1. The van der Waals surface area contributed by atoms with Crippen molar-refractivity contribution >= 4 is 29.2 Å². The molecule has 1 aromatic rings. The summed E-state index contributed by atoms with van der Waals surface area (Å²) in [4.78, 5) is 24.1. The molecule has 0 saturated carbocycles. The predicted molar refractivity (Wildman–Crippen MR) is 62.5 cm³/mol. The minimum Gasteiger partial charge on any atom is -0.478 e. The molecule has 2 atom stereocenters. The molecule has 5 heteroatoms. The topological polar surface area (TPSA) is 57.6 Å². The van der Waals surface area contributed by atoms with E-state index in [0.717, 1.165) is 12.0 Å². The average Bonchev–Trinajstić information content (AvgIpc) is 2.27. The molecule has 0 aromatic heterocycles. The smallest absolute Gasteiger partial charge is 0.335 e. The first-order valence-electron chi connectivity index (χ1n) is 5.41. The molecule has 0 spiro atoms. The van der Waals surface area contributed by atoms with Crippen molar-refractivity contribution in [2.75, 3.05) is 4.90 Å². The summed E-state index contributed by atoms with van der Waals surface area (Å²) in [5.41, 5.74) is 1.70. The summed E-state index contributed by atoms with van der Waals surface area (Å²) in [7, 11) is 0. The van der Waals surface area contributed by atoms with Gasteiger partial charge in [0.2, 0.25) is 5.91 Å². The van der Waals surface area contributed by atoms with Crippen molar-refractivity contribution in [1.82, 2.24) is 0 Å². The number of nitrogens with zero attached hydrogens (tertiary/aromatic N) is 1. The molecule has 4 nitrogen and oxygen atoms in total. The molecule has 2 aliphatic rings. The predicted octanol–water partition coefficient (Wildman–Crippen LogP) is 2.17. The maximum atomic E-state index is 11.6. The third kappa shape index (κ3) is 1.44. The largest absolute Gasteiger partial charge is 0.478 e. The lowest BCUT2D eigenvalue weighted by molar-refractivity contribution is -0.124. The van der Waals surface area contributed by atoms with Gasteiger partial charge in [0.05, 0.1) is 10.9 Å². The first-order valence-corrected chi connectivity index (χ1v) is 5.85. The van der Waals surface area contributed by atoms with E-state index in [1.807, 2.05) is 0 Å². The molecule has 2 aliphatic heterocycles. The number of carboxylic acid groups (broad SMARTS) is 1. The van der Waals surface area contributed by atoms with Gasteiger partial charge in [-0.3, -0.25) is 4.79 Å². The third-order valence-corrected chi connectivity index (χ3v) is 3.81. The van der Waals surface area contributed by atoms with Crippen molar-refractivity contribution in [3.8, 4) is 0 Å². The summed E-state index contributed by atoms with van der Waals surface area (Å²) in [6.07, 6.45) is 1.26. The van der Waals surface area contributed by atoms with Crippen LogP contribution in [0.3, 0.4) is 0 Å². The second-order valence-corrected chi connectivity index (χ2v) is 4.93. The molecule has 17 heavy (non-hydrogen) atoms. The zero-order valence-corrected chi connectivity index (χ0v) is 9.65. The minimum atomic E-state index is -0.992. The Morgan fingerprint density at radius 3 is 2.88 bits per heavy atom. The van der Waals surface area contributed by atoms with Crippen LogP contribution in [-0.4, -0.2) is 23.0 Å². The molecule has 0 bridgehead atoms. The van der Waals surface area contributed by atoms with Crippen LogP contribution in [-0.2, 0) is 4.79 Å². The summed E-state index contributed by atoms with van der Waals surface area (Å²) < 4.78 is 0. The fourth-order valence-corrected chi connectivity index (χ4v) is 2.91. The van der Waals surface area contributed by atoms with Crippen molar-refractivity contribution in [2.24, 2.45) is 0 Å². The van der Waals surface area contributed by atoms with E-state index in [4.69, 9.17) is 16.7 Å². The van der Waals surface area contributed by atoms with Crippen LogP contribution in [0.4, 0.5) is 5.69 Å². The number of aromatic carboxylic acids is 1. The molecule has 0 radical (unpaired) electrons. The molecule has 3 rings (SSSR count). The first kappa shape index (κ1) is 10.6. The lowest BCUT2D eigenvalue weighted by Gasteiger charge is -2.46. The fraction of sp³-hybridized carbons (Fsp3) is 0.333. The lowest BCUT2D eigenvalue weighted by atomic mass is 9.86. The highest BCUT2D eigenvalue weighted by Gasteiger charge is 2.43. The summed E-state index contributed by atoms with van der Waals surface area (Å²) in [6.45, 7) is 0. The van der Waals surface area contributed by atoms with Crippen LogP contribution in [0.5, 0.6) is 0 Å². The Balaban J connectivity index is 2.12. The number of carboxylic acids is 1. The fourth-order valence-electron chi connectivity index (χ4n) is 2.52. The first-order chi connectivity index (χ1) is 8.08. The quantitative estimate of drug-likeness (QED) is 0.615. The Kier molecular flexibility index (Phi) is 2.16. The van der Waals surface area contributed by atoms with Gasteiger partial charge in [-0.15, -0.1) is 11.6 Å². The molecule has 1 fully saturated rings.